The molecular weight excluding hydrogens is 362 g/mol. The van der Waals surface area contributed by atoms with Crippen LogP contribution in [0.3, 0.4) is 0 Å². The molecule has 0 spiro atoms. The minimum atomic E-state index is -0.752. The van der Waals surface area contributed by atoms with Crippen molar-refractivity contribution < 1.29 is 14.5 Å². The molecule has 10 heteroatoms. The van der Waals surface area contributed by atoms with Crippen LogP contribution in [0.4, 0.5) is 5.69 Å². The third-order valence-corrected chi connectivity index (χ3v) is 4.32. The van der Waals surface area contributed by atoms with Gasteiger partial charge in [0.05, 0.1) is 16.5 Å². The molecular formula is C16H22ClN5O4. The summed E-state index contributed by atoms with van der Waals surface area (Å²) in [5.74, 6) is -1.10. The van der Waals surface area contributed by atoms with E-state index in [9.17, 15) is 19.7 Å². The Labute approximate surface area is 156 Å². The second-order valence-electron chi connectivity index (χ2n) is 5.87. The van der Waals surface area contributed by atoms with Crippen molar-refractivity contribution in [3.63, 3.8) is 0 Å². The molecule has 0 aromatic heterocycles. The first-order valence-electron chi connectivity index (χ1n) is 8.40. The van der Waals surface area contributed by atoms with Crippen LogP contribution in [0.15, 0.2) is 18.2 Å². The topological polar surface area (TPSA) is 117 Å². The Hall–Kier alpha value is -2.23. The summed E-state index contributed by atoms with van der Waals surface area (Å²) in [4.78, 5) is 36.6. The summed E-state index contributed by atoms with van der Waals surface area (Å²) in [5, 5.41) is 19.3. The lowest BCUT2D eigenvalue weighted by Gasteiger charge is -2.27. The number of nitrogens with one attached hydrogen (secondary N) is 3. The van der Waals surface area contributed by atoms with Crippen LogP contribution in [-0.2, 0) is 4.79 Å². The van der Waals surface area contributed by atoms with E-state index in [1.165, 1.54) is 18.2 Å². The standard InChI is InChI=1S/C16H22ClN5O4/c17-12-3-1-4-13(22(25)26)15(12)16(24)20-11-14(23)19-5-2-8-21-9-6-18-7-10-21/h1,3-4,18H,2,5-11H2,(H,19,23)(H,20,24). The lowest BCUT2D eigenvalue weighted by molar-refractivity contribution is -0.385. The van der Waals surface area contributed by atoms with Crippen molar-refractivity contribution in [2.24, 2.45) is 0 Å². The van der Waals surface area contributed by atoms with Crippen molar-refractivity contribution in [3.05, 3.63) is 38.9 Å². The molecule has 1 fully saturated rings. The van der Waals surface area contributed by atoms with E-state index in [0.717, 1.165) is 39.1 Å². The molecule has 26 heavy (non-hydrogen) atoms. The highest BCUT2D eigenvalue weighted by Gasteiger charge is 2.23. The highest BCUT2D eigenvalue weighted by atomic mass is 35.5. The minimum Gasteiger partial charge on any atom is -0.355 e. The Kier molecular flexibility index (Phi) is 7.76. The van der Waals surface area contributed by atoms with Gasteiger partial charge in [0.2, 0.25) is 5.91 Å². The molecule has 0 atom stereocenters. The third-order valence-electron chi connectivity index (χ3n) is 4.01. The van der Waals surface area contributed by atoms with Crippen LogP contribution in [0.1, 0.15) is 16.8 Å². The summed E-state index contributed by atoms with van der Waals surface area (Å²) >= 11 is 5.88. The number of hydrogen-bond donors (Lipinski definition) is 3. The number of halogens is 1. The summed E-state index contributed by atoms with van der Waals surface area (Å²) in [7, 11) is 0. The summed E-state index contributed by atoms with van der Waals surface area (Å²) < 4.78 is 0. The maximum atomic E-state index is 12.1. The van der Waals surface area contributed by atoms with Gasteiger partial charge in [0, 0.05) is 38.8 Å². The van der Waals surface area contributed by atoms with Gasteiger partial charge in [0.1, 0.15) is 5.56 Å². The van der Waals surface area contributed by atoms with Crippen molar-refractivity contribution in [3.8, 4) is 0 Å². The number of rotatable bonds is 8. The summed E-state index contributed by atoms with van der Waals surface area (Å²) in [6, 6.07) is 3.97. The molecule has 1 aromatic carbocycles. The van der Waals surface area contributed by atoms with Gasteiger partial charge in [-0.1, -0.05) is 17.7 Å². The van der Waals surface area contributed by atoms with Gasteiger partial charge in [-0.25, -0.2) is 0 Å². The monoisotopic (exact) mass is 383 g/mol. The van der Waals surface area contributed by atoms with Crippen LogP contribution in [0.2, 0.25) is 5.02 Å². The van der Waals surface area contributed by atoms with Crippen LogP contribution in [0, 0.1) is 10.1 Å². The molecule has 0 unspecified atom stereocenters. The van der Waals surface area contributed by atoms with Crippen molar-refractivity contribution in [1.29, 1.82) is 0 Å². The van der Waals surface area contributed by atoms with E-state index >= 15 is 0 Å². The first kappa shape index (κ1) is 20.1. The van der Waals surface area contributed by atoms with E-state index in [1.807, 2.05) is 0 Å². The van der Waals surface area contributed by atoms with Crippen LogP contribution < -0.4 is 16.0 Å². The molecule has 1 heterocycles. The Morgan fingerprint density at radius 2 is 2.00 bits per heavy atom. The van der Waals surface area contributed by atoms with E-state index in [4.69, 9.17) is 11.6 Å². The molecule has 2 amide bonds. The molecule has 142 valence electrons. The second kappa shape index (κ2) is 10.0. The van der Waals surface area contributed by atoms with E-state index in [1.54, 1.807) is 0 Å². The fraction of sp³-hybridized carbons (Fsp3) is 0.500. The van der Waals surface area contributed by atoms with Gasteiger partial charge >= 0.3 is 0 Å². The predicted octanol–water partition coefficient (Wildman–Crippen LogP) is 0.390. The molecule has 3 N–H and O–H groups in total. The van der Waals surface area contributed by atoms with Gasteiger partial charge < -0.3 is 20.9 Å². The maximum absolute atomic E-state index is 12.1. The van der Waals surface area contributed by atoms with E-state index in [2.05, 4.69) is 20.9 Å². The smallest absolute Gasteiger partial charge is 0.283 e. The maximum Gasteiger partial charge on any atom is 0.283 e. The zero-order chi connectivity index (χ0) is 18.9. The highest BCUT2D eigenvalue weighted by Crippen LogP contribution is 2.25. The molecule has 1 saturated heterocycles. The fourth-order valence-electron chi connectivity index (χ4n) is 2.67. The molecule has 9 nitrogen and oxygen atoms in total. The predicted molar refractivity (Wildman–Crippen MR) is 97.4 cm³/mol. The number of nitro benzene ring substituents is 1. The highest BCUT2D eigenvalue weighted by molar-refractivity contribution is 6.34. The van der Waals surface area contributed by atoms with Crippen molar-refractivity contribution >= 4 is 29.1 Å². The molecule has 1 aromatic rings. The summed E-state index contributed by atoms with van der Waals surface area (Å²) in [6.07, 6.45) is 0.815. The molecule has 1 aliphatic rings. The lowest BCUT2D eigenvalue weighted by Crippen LogP contribution is -2.44. The zero-order valence-electron chi connectivity index (χ0n) is 14.3. The lowest BCUT2D eigenvalue weighted by atomic mass is 10.1. The Morgan fingerprint density at radius 3 is 2.69 bits per heavy atom. The number of piperazine rings is 1. The zero-order valence-corrected chi connectivity index (χ0v) is 15.1. The van der Waals surface area contributed by atoms with Crippen LogP contribution in [0.25, 0.3) is 0 Å². The van der Waals surface area contributed by atoms with Crippen LogP contribution >= 0.6 is 11.6 Å². The molecule has 0 aliphatic carbocycles. The number of carbonyl (C=O) groups is 2. The van der Waals surface area contributed by atoms with Crippen molar-refractivity contribution in [2.45, 2.75) is 6.42 Å². The Morgan fingerprint density at radius 1 is 1.27 bits per heavy atom. The normalized spacial score (nSPS) is 14.7. The van der Waals surface area contributed by atoms with Crippen molar-refractivity contribution in [1.82, 2.24) is 20.9 Å². The van der Waals surface area contributed by atoms with E-state index < -0.39 is 16.5 Å². The third kappa shape index (κ3) is 5.94. The van der Waals surface area contributed by atoms with E-state index in [-0.39, 0.29) is 23.0 Å². The first-order chi connectivity index (χ1) is 12.5. The van der Waals surface area contributed by atoms with Gasteiger partial charge in [0.25, 0.3) is 11.6 Å². The Bertz CT molecular complexity index is 664. The van der Waals surface area contributed by atoms with Crippen LogP contribution in [0.5, 0.6) is 0 Å². The largest absolute Gasteiger partial charge is 0.355 e. The fourth-order valence-corrected chi connectivity index (χ4v) is 2.92. The molecule has 0 saturated carbocycles. The number of hydrogen-bond acceptors (Lipinski definition) is 6. The van der Waals surface area contributed by atoms with Gasteiger partial charge in [-0.15, -0.1) is 0 Å². The quantitative estimate of drug-likeness (QED) is 0.339. The molecule has 0 bridgehead atoms. The van der Waals surface area contributed by atoms with Crippen molar-refractivity contribution in [2.75, 3.05) is 45.8 Å². The number of nitro groups is 1. The van der Waals surface area contributed by atoms with Gasteiger partial charge in [-0.2, -0.15) is 0 Å². The second-order valence-corrected chi connectivity index (χ2v) is 6.28. The van der Waals surface area contributed by atoms with Crippen LogP contribution in [-0.4, -0.2) is 67.5 Å². The summed E-state index contributed by atoms with van der Waals surface area (Å²) in [5.41, 5.74) is -0.642. The molecule has 0 radical (unpaired) electrons. The number of benzene rings is 1. The molecule has 2 rings (SSSR count). The average Bonchev–Trinajstić information content (AvgIpc) is 2.64. The summed E-state index contributed by atoms with van der Waals surface area (Å²) in [6.45, 7) is 5.10. The number of nitrogens with zero attached hydrogens (tertiary/aromatic N) is 2. The van der Waals surface area contributed by atoms with Gasteiger partial charge in [-0.3, -0.25) is 19.7 Å². The minimum absolute atomic E-state index is 0.0341. The van der Waals surface area contributed by atoms with Gasteiger partial charge in [-0.05, 0) is 19.0 Å². The first-order valence-corrected chi connectivity index (χ1v) is 8.77. The van der Waals surface area contributed by atoms with E-state index in [0.29, 0.717) is 6.54 Å². The molecule has 1 aliphatic heterocycles. The number of carbonyl (C=O) groups excluding carboxylic acids is 2. The SMILES string of the molecule is O=C(CNC(=O)c1c(Cl)cccc1[N+](=O)[O-])NCCCN1CCNCC1. The van der Waals surface area contributed by atoms with Gasteiger partial charge in [0.15, 0.2) is 0 Å². The number of amides is 2. The Balaban J connectivity index is 1.73. The average molecular weight is 384 g/mol.